The third-order valence-corrected chi connectivity index (χ3v) is 11.4. The molecule has 0 N–H and O–H groups in total. The molecule has 40 heavy (non-hydrogen) atoms. The highest BCUT2D eigenvalue weighted by atomic mass is 35.5. The van der Waals surface area contributed by atoms with Crippen LogP contribution < -0.4 is 4.90 Å². The lowest BCUT2D eigenvalue weighted by Crippen LogP contribution is -2.42. The van der Waals surface area contributed by atoms with Gasteiger partial charge < -0.3 is 4.90 Å². The fourth-order valence-electron chi connectivity index (χ4n) is 4.79. The molecule has 4 rings (SSSR count). The average molecular weight is 629 g/mol. The Morgan fingerprint density at radius 3 is 2.25 bits per heavy atom. The number of carbonyl (C=O) groups is 1. The molecule has 2 heterocycles. The Labute approximate surface area is 247 Å². The minimum atomic E-state index is -3.65. The maximum absolute atomic E-state index is 13.8. The number of sulfone groups is 1. The Kier molecular flexibility index (Phi) is 10.7. The van der Waals surface area contributed by atoms with E-state index in [0.29, 0.717) is 40.5 Å². The maximum atomic E-state index is 13.8. The van der Waals surface area contributed by atoms with Gasteiger partial charge in [-0.3, -0.25) is 9.69 Å². The quantitative estimate of drug-likeness (QED) is 0.321. The molecule has 9 nitrogen and oxygen atoms in total. The van der Waals surface area contributed by atoms with Gasteiger partial charge >= 0.3 is 0 Å². The smallest absolute Gasteiger partial charge is 0.260 e. The van der Waals surface area contributed by atoms with Gasteiger partial charge in [0.25, 0.3) is 5.91 Å². The number of fused-ring (bicyclic) bond motifs is 1. The van der Waals surface area contributed by atoms with Crippen molar-refractivity contribution < 1.29 is 21.6 Å². The molecular weight excluding hydrogens is 592 g/mol. The van der Waals surface area contributed by atoms with Crippen molar-refractivity contribution in [3.8, 4) is 0 Å². The molecule has 1 aliphatic rings. The van der Waals surface area contributed by atoms with Gasteiger partial charge in [0.1, 0.15) is 0 Å². The largest absolute Gasteiger partial charge is 0.302 e. The zero-order valence-electron chi connectivity index (χ0n) is 23.2. The number of likely N-dealkylation sites (N-methyl/N-ethyl adjacent to an activating group) is 1. The van der Waals surface area contributed by atoms with Crippen LogP contribution in [-0.4, -0.2) is 82.0 Å². The fourth-order valence-corrected chi connectivity index (χ4v) is 8.24. The first-order valence-corrected chi connectivity index (χ1v) is 17.4. The van der Waals surface area contributed by atoms with Crippen LogP contribution in [-0.2, 0) is 19.9 Å². The Bertz CT molecular complexity index is 1540. The number of piperidine rings is 1. The van der Waals surface area contributed by atoms with E-state index in [1.165, 1.54) is 29.5 Å². The number of hydrogen-bond donors (Lipinski definition) is 0. The number of sulfonamides is 1. The minimum Gasteiger partial charge on any atom is -0.302 e. The number of nitrogens with zero attached hydrogens (tertiary/aromatic N) is 4. The van der Waals surface area contributed by atoms with Crippen molar-refractivity contribution in [1.29, 1.82) is 0 Å². The number of amides is 1. The van der Waals surface area contributed by atoms with Crippen LogP contribution in [0.2, 0.25) is 0 Å². The fraction of sp³-hybridized carbons (Fsp3) is 0.481. The number of carbonyl (C=O) groups excluding carboxylic acids is 1. The van der Waals surface area contributed by atoms with Crippen molar-refractivity contribution >= 4 is 64.9 Å². The molecule has 1 unspecified atom stereocenters. The summed E-state index contributed by atoms with van der Waals surface area (Å²) in [5.41, 5.74) is 0.969. The number of hydrogen-bond acceptors (Lipinski definition) is 8. The van der Waals surface area contributed by atoms with Crippen LogP contribution in [0.4, 0.5) is 5.13 Å². The second kappa shape index (κ2) is 13.3. The number of aromatic nitrogens is 1. The molecular formula is C27H37ClN4O5S3. The predicted octanol–water partition coefficient (Wildman–Crippen LogP) is 4.67. The SMILES string of the molecule is CCN(CC)CCN(C(=O)c1ccc(S(=O)(=O)N2CCCCC2C)cc1)c1nc2ccc(S(C)(=O)=O)cc2s1.Cl. The molecule has 1 aromatic heterocycles. The summed E-state index contributed by atoms with van der Waals surface area (Å²) in [7, 11) is -7.03. The monoisotopic (exact) mass is 628 g/mol. The third-order valence-electron chi connectivity index (χ3n) is 7.24. The molecule has 1 atom stereocenters. The summed E-state index contributed by atoms with van der Waals surface area (Å²) in [6.07, 6.45) is 3.86. The van der Waals surface area contributed by atoms with E-state index in [0.717, 1.165) is 38.6 Å². The van der Waals surface area contributed by atoms with Crippen LogP contribution in [0.25, 0.3) is 10.2 Å². The molecule has 0 aliphatic carbocycles. The second-order valence-electron chi connectivity index (χ2n) is 9.87. The van der Waals surface area contributed by atoms with Crippen LogP contribution in [0.15, 0.2) is 52.3 Å². The molecule has 1 saturated heterocycles. The summed E-state index contributed by atoms with van der Waals surface area (Å²) in [6.45, 7) is 9.22. The highest BCUT2D eigenvalue weighted by Gasteiger charge is 2.31. The lowest BCUT2D eigenvalue weighted by atomic mass is 10.1. The summed E-state index contributed by atoms with van der Waals surface area (Å²) in [4.78, 5) is 22.6. The van der Waals surface area contributed by atoms with Crippen molar-refractivity contribution in [1.82, 2.24) is 14.2 Å². The zero-order chi connectivity index (χ0) is 28.4. The summed E-state index contributed by atoms with van der Waals surface area (Å²) >= 11 is 1.26. The Morgan fingerprint density at radius 2 is 1.65 bits per heavy atom. The van der Waals surface area contributed by atoms with E-state index in [1.807, 2.05) is 6.92 Å². The van der Waals surface area contributed by atoms with Gasteiger partial charge in [-0.25, -0.2) is 21.8 Å². The van der Waals surface area contributed by atoms with E-state index in [9.17, 15) is 21.6 Å². The van der Waals surface area contributed by atoms with Gasteiger partial charge in [0.05, 0.1) is 20.0 Å². The summed E-state index contributed by atoms with van der Waals surface area (Å²) in [6, 6.07) is 10.8. The standard InChI is InChI=1S/C27H36N4O5S3.ClH/c1-5-29(6-2)17-18-30(27-28-24-15-14-23(38(4,33)34)19-25(24)37-27)26(32)21-10-12-22(13-11-21)39(35,36)31-16-8-7-9-20(31)3;/h10-15,19-20H,5-9,16-18H2,1-4H3;1H. The van der Waals surface area contributed by atoms with Crippen molar-refractivity contribution in [3.05, 3.63) is 48.0 Å². The first-order valence-electron chi connectivity index (χ1n) is 13.2. The van der Waals surface area contributed by atoms with Gasteiger partial charge in [0.15, 0.2) is 15.0 Å². The first kappa shape index (κ1) is 32.4. The summed E-state index contributed by atoms with van der Waals surface area (Å²) in [5.74, 6) is -0.292. The average Bonchev–Trinajstić information content (AvgIpc) is 3.34. The number of anilines is 1. The van der Waals surface area contributed by atoms with E-state index in [2.05, 4.69) is 23.7 Å². The van der Waals surface area contributed by atoms with E-state index < -0.39 is 19.9 Å². The molecule has 0 spiro atoms. The van der Waals surface area contributed by atoms with Crippen LogP contribution in [0.5, 0.6) is 0 Å². The highest BCUT2D eigenvalue weighted by Crippen LogP contribution is 2.32. The number of thiazole rings is 1. The second-order valence-corrected chi connectivity index (χ2v) is 14.8. The molecule has 220 valence electrons. The molecule has 0 radical (unpaired) electrons. The van der Waals surface area contributed by atoms with Crippen molar-refractivity contribution in [2.75, 3.05) is 43.9 Å². The third kappa shape index (κ3) is 7.03. The van der Waals surface area contributed by atoms with Gasteiger partial charge in [-0.1, -0.05) is 31.6 Å². The van der Waals surface area contributed by atoms with Gasteiger partial charge in [-0.15, -0.1) is 12.4 Å². The molecule has 1 amide bonds. The Hall–Kier alpha value is -2.09. The van der Waals surface area contributed by atoms with Crippen molar-refractivity contribution in [2.45, 2.75) is 55.9 Å². The summed E-state index contributed by atoms with van der Waals surface area (Å²) in [5, 5.41) is 0.464. The van der Waals surface area contributed by atoms with Gasteiger partial charge in [-0.2, -0.15) is 4.31 Å². The van der Waals surface area contributed by atoms with E-state index >= 15 is 0 Å². The molecule has 13 heteroatoms. The van der Waals surface area contributed by atoms with Crippen molar-refractivity contribution in [2.24, 2.45) is 0 Å². The van der Waals surface area contributed by atoms with E-state index in [1.54, 1.807) is 33.5 Å². The minimum absolute atomic E-state index is 0. The molecule has 0 saturated carbocycles. The number of halogens is 1. The number of benzene rings is 2. The zero-order valence-corrected chi connectivity index (χ0v) is 26.5. The topological polar surface area (TPSA) is 108 Å². The van der Waals surface area contributed by atoms with Crippen LogP contribution in [0.1, 0.15) is 50.4 Å². The highest BCUT2D eigenvalue weighted by molar-refractivity contribution is 7.90. The number of rotatable bonds is 10. The molecule has 2 aromatic carbocycles. The Morgan fingerprint density at radius 1 is 1.00 bits per heavy atom. The molecule has 3 aromatic rings. The van der Waals surface area contributed by atoms with Crippen molar-refractivity contribution in [3.63, 3.8) is 0 Å². The van der Waals surface area contributed by atoms with Crippen LogP contribution in [0.3, 0.4) is 0 Å². The molecule has 1 fully saturated rings. The van der Waals surface area contributed by atoms with E-state index in [4.69, 9.17) is 0 Å². The lowest BCUT2D eigenvalue weighted by molar-refractivity contribution is 0.0983. The maximum Gasteiger partial charge on any atom is 0.260 e. The van der Waals surface area contributed by atoms with Gasteiger partial charge in [0.2, 0.25) is 10.0 Å². The van der Waals surface area contributed by atoms with Gasteiger partial charge in [0, 0.05) is 37.5 Å². The van der Waals surface area contributed by atoms with Crippen LogP contribution in [0, 0.1) is 0 Å². The predicted molar refractivity (Wildman–Crippen MR) is 163 cm³/mol. The molecule has 0 bridgehead atoms. The van der Waals surface area contributed by atoms with Gasteiger partial charge in [-0.05, 0) is 75.3 Å². The normalized spacial score (nSPS) is 16.7. The first-order chi connectivity index (χ1) is 18.5. The van der Waals surface area contributed by atoms with E-state index in [-0.39, 0.29) is 34.1 Å². The van der Waals surface area contributed by atoms with Crippen LogP contribution >= 0.6 is 23.7 Å². The molecule has 1 aliphatic heterocycles. The lowest BCUT2D eigenvalue weighted by Gasteiger charge is -2.32. The Balaban J connectivity index is 0.00000441. The summed E-state index contributed by atoms with van der Waals surface area (Å²) < 4.78 is 52.8.